The Hall–Kier alpha value is -1.56. The highest BCUT2D eigenvalue weighted by atomic mass is 19.1. The third-order valence-corrected chi connectivity index (χ3v) is 9.08. The monoisotopic (exact) mass is 391 g/mol. The molecule has 4 aliphatic rings. The van der Waals surface area contributed by atoms with Gasteiger partial charge in [-0.3, -0.25) is 14.9 Å². The van der Waals surface area contributed by atoms with Crippen molar-refractivity contribution < 1.29 is 19.2 Å². The third kappa shape index (κ3) is 2.42. The fourth-order valence-corrected chi connectivity index (χ4v) is 7.60. The number of aliphatic hydroxyl groups excluding tert-OH is 1. The molecule has 0 amide bonds. The number of carbonyl (C=O) groups excluding carboxylic acids is 1. The van der Waals surface area contributed by atoms with Gasteiger partial charge in [-0.2, -0.15) is 0 Å². The Morgan fingerprint density at radius 3 is 2.61 bits per heavy atom. The molecule has 0 saturated heterocycles. The van der Waals surface area contributed by atoms with Crippen LogP contribution in [0.3, 0.4) is 0 Å². The van der Waals surface area contributed by atoms with Crippen LogP contribution in [0.15, 0.2) is 22.7 Å². The minimum Gasteiger partial charge on any atom is -0.389 e. The molecule has 5 nitrogen and oxygen atoms in total. The summed E-state index contributed by atoms with van der Waals surface area (Å²) in [6.45, 7) is 5.83. The normalized spacial score (nSPS) is 44.7. The van der Waals surface area contributed by atoms with Crippen molar-refractivity contribution in [1.29, 1.82) is 0 Å². The molecule has 6 atom stereocenters. The average molecular weight is 391 g/mol. The first-order valence-corrected chi connectivity index (χ1v) is 10.6. The third-order valence-electron chi connectivity index (χ3n) is 9.08. The van der Waals surface area contributed by atoms with Gasteiger partial charge in [0.25, 0.3) is 0 Å². The maximum Gasteiger partial charge on any atom is 0.311 e. The molecule has 1 N–H and O–H groups in total. The van der Waals surface area contributed by atoms with Crippen LogP contribution in [0.25, 0.3) is 0 Å². The molecule has 0 aromatic carbocycles. The lowest BCUT2D eigenvalue weighted by Crippen LogP contribution is -2.53. The summed E-state index contributed by atoms with van der Waals surface area (Å²) >= 11 is 0. The van der Waals surface area contributed by atoms with E-state index in [9.17, 15) is 24.4 Å². The molecule has 0 aromatic rings. The number of nitrogens with zero attached hydrogens (tertiary/aromatic N) is 1. The Bertz CT molecular complexity index is 802. The number of Topliss-reactive ketones (excluding diaryl/α,β-unsaturated/α-hetero) is 1. The molecule has 3 fully saturated rings. The van der Waals surface area contributed by atoms with Crippen LogP contribution in [0, 0.1) is 44.6 Å². The van der Waals surface area contributed by atoms with E-state index in [0.29, 0.717) is 30.6 Å². The highest BCUT2D eigenvalue weighted by molar-refractivity contribution is 5.95. The summed E-state index contributed by atoms with van der Waals surface area (Å²) < 4.78 is 14.4. The second-order valence-electron chi connectivity index (χ2n) is 9.85. The number of carbonyl (C=O) groups is 1. The number of halogens is 1. The van der Waals surface area contributed by atoms with Crippen molar-refractivity contribution in [3.8, 4) is 0 Å². The Morgan fingerprint density at radius 1 is 1.25 bits per heavy atom. The number of fused-ring (bicyclic) bond motifs is 5. The summed E-state index contributed by atoms with van der Waals surface area (Å²) in [6.07, 6.45) is 5.03. The van der Waals surface area contributed by atoms with Gasteiger partial charge in [-0.25, -0.2) is 4.39 Å². The van der Waals surface area contributed by atoms with Crippen molar-refractivity contribution in [3.05, 3.63) is 32.8 Å². The SMILES string of the molecule is C[C@H]1CC(=O)C([N+](=O)[O-])=C2CC[C@@H]3[C@H](CC[C@]4(C)C(=C(F)CO)CC[C@@H]34)[C@]21C. The number of hydrogen-bond acceptors (Lipinski definition) is 4. The number of nitro groups is 1. The predicted molar refractivity (Wildman–Crippen MR) is 102 cm³/mol. The van der Waals surface area contributed by atoms with Crippen LogP contribution >= 0.6 is 0 Å². The van der Waals surface area contributed by atoms with Crippen LogP contribution in [0.1, 0.15) is 65.7 Å². The quantitative estimate of drug-likeness (QED) is 0.552. The topological polar surface area (TPSA) is 80.4 Å². The van der Waals surface area contributed by atoms with Crippen LogP contribution in [0.5, 0.6) is 0 Å². The maximum absolute atomic E-state index is 14.4. The Kier molecular flexibility index (Phi) is 4.57. The van der Waals surface area contributed by atoms with Gasteiger partial charge >= 0.3 is 5.70 Å². The summed E-state index contributed by atoms with van der Waals surface area (Å²) in [5.74, 6) is 0.435. The predicted octanol–water partition coefficient (Wildman–Crippen LogP) is 4.58. The standard InChI is InChI=1S/C22H30FNO4/c1-12-10-19(26)20(24(27)28)17-5-4-13-14-6-7-16(18(23)11-25)21(14,2)9-8-15(13)22(12,17)3/h12-15,25H,4-11H2,1-3H3/t12-,13-,14-,15-,21-,22+/m0/s1. The molecule has 3 saturated carbocycles. The van der Waals surface area contributed by atoms with Gasteiger partial charge in [0.1, 0.15) is 5.83 Å². The smallest absolute Gasteiger partial charge is 0.311 e. The van der Waals surface area contributed by atoms with Gasteiger partial charge in [0.05, 0.1) is 11.5 Å². The summed E-state index contributed by atoms with van der Waals surface area (Å²) in [6, 6.07) is 0. The van der Waals surface area contributed by atoms with Gasteiger partial charge in [-0.1, -0.05) is 20.8 Å². The van der Waals surface area contributed by atoms with Gasteiger partial charge in [0, 0.05) is 17.4 Å². The lowest BCUT2D eigenvalue weighted by atomic mass is 9.45. The summed E-state index contributed by atoms with van der Waals surface area (Å²) in [5, 5.41) is 21.0. The number of aliphatic hydroxyl groups is 1. The first-order valence-electron chi connectivity index (χ1n) is 10.6. The van der Waals surface area contributed by atoms with Crippen LogP contribution < -0.4 is 0 Å². The average Bonchev–Trinajstić information content (AvgIpc) is 2.99. The van der Waals surface area contributed by atoms with Crippen LogP contribution in [-0.2, 0) is 4.79 Å². The first kappa shape index (κ1) is 19.7. The molecule has 0 aliphatic heterocycles. The van der Waals surface area contributed by atoms with Crippen molar-refractivity contribution in [2.75, 3.05) is 6.61 Å². The molecule has 28 heavy (non-hydrogen) atoms. The number of allylic oxidation sites excluding steroid dienone is 2. The molecule has 4 rings (SSSR count). The van der Waals surface area contributed by atoms with E-state index in [0.717, 1.165) is 36.8 Å². The van der Waals surface area contributed by atoms with E-state index < -0.39 is 11.5 Å². The van der Waals surface area contributed by atoms with E-state index in [1.807, 2.05) is 0 Å². The van der Waals surface area contributed by atoms with Crippen molar-refractivity contribution in [2.24, 2.45) is 34.5 Å². The van der Waals surface area contributed by atoms with Gasteiger partial charge in [0.15, 0.2) is 0 Å². The Balaban J connectivity index is 1.77. The van der Waals surface area contributed by atoms with E-state index >= 15 is 0 Å². The first-order chi connectivity index (χ1) is 13.2. The van der Waals surface area contributed by atoms with Crippen LogP contribution in [0.4, 0.5) is 4.39 Å². The molecule has 6 heteroatoms. The second kappa shape index (κ2) is 6.48. The summed E-state index contributed by atoms with van der Waals surface area (Å²) in [4.78, 5) is 23.6. The summed E-state index contributed by atoms with van der Waals surface area (Å²) in [5.41, 5.74) is 0.864. The highest BCUT2D eigenvalue weighted by Crippen LogP contribution is 2.68. The molecule has 0 aromatic heterocycles. The van der Waals surface area contributed by atoms with Crippen molar-refractivity contribution in [2.45, 2.75) is 65.7 Å². The summed E-state index contributed by atoms with van der Waals surface area (Å²) in [7, 11) is 0. The largest absolute Gasteiger partial charge is 0.389 e. The number of ketones is 1. The fourth-order valence-electron chi connectivity index (χ4n) is 7.60. The van der Waals surface area contributed by atoms with E-state index in [1.54, 1.807) is 0 Å². The van der Waals surface area contributed by atoms with Crippen molar-refractivity contribution in [1.82, 2.24) is 0 Å². The molecular weight excluding hydrogens is 361 g/mol. The molecule has 4 aliphatic carbocycles. The zero-order chi connectivity index (χ0) is 20.4. The molecule has 0 spiro atoms. The zero-order valence-electron chi connectivity index (χ0n) is 17.0. The van der Waals surface area contributed by atoms with Gasteiger partial charge in [-0.05, 0) is 73.2 Å². The van der Waals surface area contributed by atoms with E-state index in [2.05, 4.69) is 20.8 Å². The molecule has 154 valence electrons. The van der Waals surface area contributed by atoms with Crippen LogP contribution in [0.2, 0.25) is 0 Å². The highest BCUT2D eigenvalue weighted by Gasteiger charge is 2.61. The molecular formula is C22H30FNO4. The lowest BCUT2D eigenvalue weighted by molar-refractivity contribution is -0.422. The van der Waals surface area contributed by atoms with Crippen molar-refractivity contribution >= 4 is 5.78 Å². The molecule has 0 unspecified atom stereocenters. The van der Waals surface area contributed by atoms with E-state index in [4.69, 9.17) is 0 Å². The minimum atomic E-state index is -0.526. The fraction of sp³-hybridized carbons (Fsp3) is 0.773. The Labute approximate surface area is 165 Å². The maximum atomic E-state index is 14.4. The van der Waals surface area contributed by atoms with Gasteiger partial charge in [0.2, 0.25) is 5.78 Å². The van der Waals surface area contributed by atoms with E-state index in [-0.39, 0.29) is 40.5 Å². The minimum absolute atomic E-state index is 0.0847. The molecule has 0 heterocycles. The second-order valence-corrected chi connectivity index (χ2v) is 9.85. The van der Waals surface area contributed by atoms with E-state index in [1.165, 1.54) is 0 Å². The van der Waals surface area contributed by atoms with Crippen molar-refractivity contribution in [3.63, 3.8) is 0 Å². The number of rotatable bonds is 2. The Morgan fingerprint density at radius 2 is 1.96 bits per heavy atom. The zero-order valence-corrected chi connectivity index (χ0v) is 17.0. The van der Waals surface area contributed by atoms with Crippen LogP contribution in [-0.4, -0.2) is 22.4 Å². The lowest BCUT2D eigenvalue weighted by Gasteiger charge is -2.58. The van der Waals surface area contributed by atoms with Gasteiger partial charge < -0.3 is 5.11 Å². The molecule has 0 bridgehead atoms. The molecule has 0 radical (unpaired) electrons. The number of hydrogen-bond donors (Lipinski definition) is 1. The van der Waals surface area contributed by atoms with Gasteiger partial charge in [-0.15, -0.1) is 0 Å².